The maximum absolute atomic E-state index is 6.16. The second kappa shape index (κ2) is 4.57. The van der Waals surface area contributed by atoms with E-state index < -0.39 is 0 Å². The first-order valence-electron chi connectivity index (χ1n) is 7.27. The summed E-state index contributed by atoms with van der Waals surface area (Å²) in [7, 11) is -0.345. The number of nitrogens with zero attached hydrogens (tertiary/aromatic N) is 1. The molecule has 4 heteroatoms. The lowest BCUT2D eigenvalue weighted by molar-refractivity contribution is 0.00578. The first-order valence-corrected chi connectivity index (χ1v) is 7.27. The second-order valence-corrected chi connectivity index (χ2v) is 7.75. The molecular weight excluding hydrogens is 249 g/mol. The lowest BCUT2D eigenvalue weighted by Gasteiger charge is -2.32. The second-order valence-electron chi connectivity index (χ2n) is 7.75. The molecule has 0 saturated carbocycles. The van der Waals surface area contributed by atoms with Crippen molar-refractivity contribution in [3.05, 3.63) is 23.5 Å². The van der Waals surface area contributed by atoms with Crippen molar-refractivity contribution in [1.82, 2.24) is 4.98 Å². The van der Waals surface area contributed by atoms with E-state index in [1.165, 1.54) is 5.56 Å². The van der Waals surface area contributed by atoms with Crippen LogP contribution in [0.5, 0.6) is 0 Å². The highest BCUT2D eigenvalue weighted by Gasteiger charge is 2.52. The van der Waals surface area contributed by atoms with Crippen molar-refractivity contribution in [1.29, 1.82) is 0 Å². The molecule has 0 amide bonds. The standard InChI is InChI=1S/C16H26BNO2/c1-11-9-12(14(2,3)4)13(10-18-11)17-19-15(5,6)16(7,8)20-17/h9-10H,1-8H3. The molecule has 2 rings (SSSR count). The number of aryl methyl sites for hydroxylation is 1. The number of aromatic nitrogens is 1. The van der Waals surface area contributed by atoms with Gasteiger partial charge < -0.3 is 9.31 Å². The molecule has 0 unspecified atom stereocenters. The fourth-order valence-corrected chi connectivity index (χ4v) is 2.38. The van der Waals surface area contributed by atoms with Gasteiger partial charge in [-0.25, -0.2) is 0 Å². The topological polar surface area (TPSA) is 31.4 Å². The Labute approximate surface area is 123 Å². The van der Waals surface area contributed by atoms with Crippen molar-refractivity contribution in [2.75, 3.05) is 0 Å². The molecule has 1 aromatic rings. The zero-order valence-electron chi connectivity index (χ0n) is 14.0. The summed E-state index contributed by atoms with van der Waals surface area (Å²) in [6.45, 7) is 16.9. The van der Waals surface area contributed by atoms with E-state index in [1.54, 1.807) is 0 Å². The van der Waals surface area contributed by atoms with Crippen LogP contribution in [-0.4, -0.2) is 23.3 Å². The van der Waals surface area contributed by atoms with Gasteiger partial charge in [-0.2, -0.15) is 0 Å². The average molecular weight is 275 g/mol. The summed E-state index contributed by atoms with van der Waals surface area (Å²) in [5.41, 5.74) is 2.70. The minimum Gasteiger partial charge on any atom is -0.399 e. The Balaban J connectivity index is 2.46. The van der Waals surface area contributed by atoms with Crippen LogP contribution in [0.4, 0.5) is 0 Å². The molecule has 0 N–H and O–H groups in total. The molecule has 0 aliphatic carbocycles. The Kier molecular flexibility index (Phi) is 3.55. The van der Waals surface area contributed by atoms with Gasteiger partial charge in [0.1, 0.15) is 0 Å². The van der Waals surface area contributed by atoms with Gasteiger partial charge in [-0.3, -0.25) is 4.98 Å². The molecule has 0 bridgehead atoms. The summed E-state index contributed by atoms with van der Waals surface area (Å²) in [6, 6.07) is 2.14. The van der Waals surface area contributed by atoms with Gasteiger partial charge in [-0.1, -0.05) is 20.8 Å². The van der Waals surface area contributed by atoms with Crippen molar-refractivity contribution in [2.24, 2.45) is 0 Å². The number of pyridine rings is 1. The summed E-state index contributed by atoms with van der Waals surface area (Å²) in [5.74, 6) is 0. The van der Waals surface area contributed by atoms with Crippen molar-refractivity contribution >= 4 is 12.6 Å². The Morgan fingerprint density at radius 2 is 1.55 bits per heavy atom. The monoisotopic (exact) mass is 275 g/mol. The Morgan fingerprint density at radius 1 is 1.05 bits per heavy atom. The van der Waals surface area contributed by atoms with Crippen molar-refractivity contribution < 1.29 is 9.31 Å². The highest BCUT2D eigenvalue weighted by molar-refractivity contribution is 6.62. The first kappa shape index (κ1) is 15.5. The SMILES string of the molecule is Cc1cc(C(C)(C)C)c(B2OC(C)(C)C(C)(C)O2)cn1. The van der Waals surface area contributed by atoms with Crippen LogP contribution in [0.25, 0.3) is 0 Å². The highest BCUT2D eigenvalue weighted by Crippen LogP contribution is 2.37. The third-order valence-corrected chi connectivity index (χ3v) is 4.39. The van der Waals surface area contributed by atoms with E-state index in [2.05, 4.69) is 59.5 Å². The molecule has 1 aromatic heterocycles. The molecule has 20 heavy (non-hydrogen) atoms. The lowest BCUT2D eigenvalue weighted by atomic mass is 9.70. The summed E-state index contributed by atoms with van der Waals surface area (Å²) < 4.78 is 12.3. The van der Waals surface area contributed by atoms with E-state index in [0.29, 0.717) is 0 Å². The Bertz CT molecular complexity index is 502. The van der Waals surface area contributed by atoms with Gasteiger partial charge in [0.05, 0.1) is 11.2 Å². The summed E-state index contributed by atoms with van der Waals surface area (Å²) in [4.78, 5) is 4.43. The minimum atomic E-state index is -0.345. The molecule has 1 aliphatic heterocycles. The normalized spacial score (nSPS) is 21.3. The molecule has 1 saturated heterocycles. The van der Waals surface area contributed by atoms with E-state index >= 15 is 0 Å². The van der Waals surface area contributed by atoms with Crippen LogP contribution in [-0.2, 0) is 14.7 Å². The van der Waals surface area contributed by atoms with Crippen LogP contribution in [0.15, 0.2) is 12.3 Å². The van der Waals surface area contributed by atoms with Gasteiger partial charge in [-0.15, -0.1) is 0 Å². The number of hydrogen-bond acceptors (Lipinski definition) is 3. The van der Waals surface area contributed by atoms with E-state index in [1.807, 2.05) is 13.1 Å². The van der Waals surface area contributed by atoms with Crippen molar-refractivity contribution in [2.45, 2.75) is 72.0 Å². The smallest absolute Gasteiger partial charge is 0.399 e. The maximum atomic E-state index is 6.16. The third-order valence-electron chi connectivity index (χ3n) is 4.39. The van der Waals surface area contributed by atoms with E-state index in [9.17, 15) is 0 Å². The van der Waals surface area contributed by atoms with Gasteiger partial charge in [0.15, 0.2) is 0 Å². The molecule has 1 aliphatic rings. The van der Waals surface area contributed by atoms with Gasteiger partial charge in [0, 0.05) is 17.4 Å². The zero-order valence-corrected chi connectivity index (χ0v) is 14.0. The highest BCUT2D eigenvalue weighted by atomic mass is 16.7. The Morgan fingerprint density at radius 3 is 2.00 bits per heavy atom. The van der Waals surface area contributed by atoms with Gasteiger partial charge >= 0.3 is 7.12 Å². The number of hydrogen-bond donors (Lipinski definition) is 0. The fraction of sp³-hybridized carbons (Fsp3) is 0.688. The van der Waals surface area contributed by atoms with Crippen molar-refractivity contribution in [3.8, 4) is 0 Å². The molecular formula is C16H26BNO2. The predicted molar refractivity (Wildman–Crippen MR) is 83.4 cm³/mol. The van der Waals surface area contributed by atoms with Crippen molar-refractivity contribution in [3.63, 3.8) is 0 Å². The molecule has 3 nitrogen and oxygen atoms in total. The van der Waals surface area contributed by atoms with E-state index in [0.717, 1.165) is 11.2 Å². The van der Waals surface area contributed by atoms with Crippen LogP contribution >= 0.6 is 0 Å². The molecule has 110 valence electrons. The molecule has 1 fully saturated rings. The quantitative estimate of drug-likeness (QED) is 0.738. The summed E-state index contributed by atoms with van der Waals surface area (Å²) in [6.07, 6.45) is 1.90. The largest absolute Gasteiger partial charge is 0.496 e. The fourth-order valence-electron chi connectivity index (χ4n) is 2.38. The average Bonchev–Trinajstić information content (AvgIpc) is 2.46. The third kappa shape index (κ3) is 2.64. The molecule has 0 aromatic carbocycles. The molecule has 2 heterocycles. The Hall–Kier alpha value is -0.865. The van der Waals surface area contributed by atoms with Crippen LogP contribution in [0, 0.1) is 6.92 Å². The zero-order chi connectivity index (χ0) is 15.3. The minimum absolute atomic E-state index is 0.0344. The van der Waals surface area contributed by atoms with Crippen LogP contribution in [0.2, 0.25) is 0 Å². The molecule has 0 radical (unpaired) electrons. The lowest BCUT2D eigenvalue weighted by Crippen LogP contribution is -2.41. The van der Waals surface area contributed by atoms with Gasteiger partial charge in [0.2, 0.25) is 0 Å². The van der Waals surface area contributed by atoms with Gasteiger partial charge in [0.25, 0.3) is 0 Å². The molecule has 0 atom stereocenters. The molecule has 0 spiro atoms. The predicted octanol–water partition coefficient (Wildman–Crippen LogP) is 2.99. The van der Waals surface area contributed by atoms with Crippen LogP contribution < -0.4 is 5.46 Å². The van der Waals surface area contributed by atoms with Crippen LogP contribution in [0.3, 0.4) is 0 Å². The maximum Gasteiger partial charge on any atom is 0.496 e. The summed E-state index contributed by atoms with van der Waals surface area (Å²) >= 11 is 0. The first-order chi connectivity index (χ1) is 8.94. The summed E-state index contributed by atoms with van der Waals surface area (Å²) in [5, 5.41) is 0. The van der Waals surface area contributed by atoms with Crippen LogP contribution in [0.1, 0.15) is 59.7 Å². The van der Waals surface area contributed by atoms with E-state index in [-0.39, 0.29) is 23.7 Å². The number of rotatable bonds is 1. The van der Waals surface area contributed by atoms with Gasteiger partial charge in [-0.05, 0) is 51.7 Å². The van der Waals surface area contributed by atoms with E-state index in [4.69, 9.17) is 9.31 Å².